The lowest BCUT2D eigenvalue weighted by Gasteiger charge is -2.01. The van der Waals surface area contributed by atoms with Crippen LogP contribution in [0.15, 0.2) is 59.9 Å². The van der Waals surface area contributed by atoms with Gasteiger partial charge < -0.3 is 9.73 Å². The molecule has 0 aliphatic heterocycles. The van der Waals surface area contributed by atoms with E-state index < -0.39 is 0 Å². The van der Waals surface area contributed by atoms with E-state index in [0.717, 1.165) is 11.5 Å². The van der Waals surface area contributed by atoms with Crippen LogP contribution < -0.4 is 5.32 Å². The Morgan fingerprint density at radius 3 is 3.08 bits per heavy atom. The molecule has 0 radical (unpaired) electrons. The minimum absolute atomic E-state index is 0.660. The van der Waals surface area contributed by atoms with Crippen molar-refractivity contribution in [2.24, 2.45) is 0 Å². The van der Waals surface area contributed by atoms with Crippen molar-refractivity contribution < 1.29 is 4.42 Å². The van der Waals surface area contributed by atoms with Gasteiger partial charge in [-0.2, -0.15) is 0 Å². The lowest BCUT2D eigenvalue weighted by Crippen LogP contribution is -2.09. The average Bonchev–Trinajstić information content (AvgIpc) is 2.64. The summed E-state index contributed by atoms with van der Waals surface area (Å²) in [4.78, 5) is 0. The molecule has 2 heteroatoms. The van der Waals surface area contributed by atoms with Gasteiger partial charge in [0, 0.05) is 5.70 Å². The Balaban J connectivity index is 2.31. The van der Waals surface area contributed by atoms with Crippen LogP contribution in [0.25, 0.3) is 0 Å². The summed E-state index contributed by atoms with van der Waals surface area (Å²) in [5, 5.41) is 3.10. The van der Waals surface area contributed by atoms with Crippen LogP contribution in [0.3, 0.4) is 0 Å². The molecular weight excluding hydrogens is 162 g/mol. The summed E-state index contributed by atoms with van der Waals surface area (Å²) in [6.45, 7) is 8.03. The van der Waals surface area contributed by atoms with Gasteiger partial charge in [-0.15, -0.1) is 0 Å². The largest absolute Gasteiger partial charge is 0.467 e. The van der Waals surface area contributed by atoms with Crippen molar-refractivity contribution in [3.8, 4) is 0 Å². The lowest BCUT2D eigenvalue weighted by molar-refractivity contribution is 0.497. The molecule has 0 amide bonds. The van der Waals surface area contributed by atoms with E-state index in [9.17, 15) is 0 Å². The molecular formula is C11H13NO. The van der Waals surface area contributed by atoms with Gasteiger partial charge in [-0.1, -0.05) is 25.3 Å². The molecule has 13 heavy (non-hydrogen) atoms. The molecule has 0 aliphatic rings. The third kappa shape index (κ3) is 3.47. The van der Waals surface area contributed by atoms with Crippen LogP contribution in [0, 0.1) is 0 Å². The van der Waals surface area contributed by atoms with Crippen LogP contribution in [-0.4, -0.2) is 0 Å². The van der Waals surface area contributed by atoms with E-state index in [1.165, 1.54) is 0 Å². The molecule has 1 heterocycles. The molecule has 1 aromatic heterocycles. The van der Waals surface area contributed by atoms with Crippen molar-refractivity contribution in [2.75, 3.05) is 0 Å². The zero-order chi connectivity index (χ0) is 9.52. The molecule has 1 aromatic rings. The van der Waals surface area contributed by atoms with Crippen LogP contribution in [0.4, 0.5) is 0 Å². The predicted octanol–water partition coefficient (Wildman–Crippen LogP) is 2.63. The Bertz CT molecular complexity index is 296. The second-order valence-electron chi connectivity index (χ2n) is 2.55. The maximum absolute atomic E-state index is 5.14. The molecule has 0 spiro atoms. The fraction of sp³-hybridized carbons (Fsp3) is 0.0909. The second-order valence-corrected chi connectivity index (χ2v) is 2.55. The number of hydrogen-bond acceptors (Lipinski definition) is 2. The summed E-state index contributed by atoms with van der Waals surface area (Å²) in [5.74, 6) is 0.896. The van der Waals surface area contributed by atoms with Crippen LogP contribution in [0.5, 0.6) is 0 Å². The molecule has 0 saturated heterocycles. The first kappa shape index (κ1) is 9.39. The van der Waals surface area contributed by atoms with Gasteiger partial charge >= 0.3 is 0 Å². The molecule has 68 valence electrons. The first-order valence-electron chi connectivity index (χ1n) is 4.07. The Labute approximate surface area is 78.3 Å². The highest BCUT2D eigenvalue weighted by Gasteiger charge is 1.93. The quantitative estimate of drug-likeness (QED) is 0.696. The minimum Gasteiger partial charge on any atom is -0.467 e. The molecule has 0 fully saturated rings. The van der Waals surface area contributed by atoms with Crippen molar-refractivity contribution in [2.45, 2.75) is 6.54 Å². The van der Waals surface area contributed by atoms with Crippen LogP contribution >= 0.6 is 0 Å². The summed E-state index contributed by atoms with van der Waals surface area (Å²) < 4.78 is 5.14. The van der Waals surface area contributed by atoms with Crippen molar-refractivity contribution in [1.82, 2.24) is 5.32 Å². The van der Waals surface area contributed by atoms with Gasteiger partial charge in [0.1, 0.15) is 5.76 Å². The second kappa shape index (κ2) is 5.04. The monoisotopic (exact) mass is 175 g/mol. The summed E-state index contributed by atoms with van der Waals surface area (Å²) in [7, 11) is 0. The highest BCUT2D eigenvalue weighted by Crippen LogP contribution is 2.00. The molecule has 0 aromatic carbocycles. The van der Waals surface area contributed by atoms with E-state index >= 15 is 0 Å². The molecule has 0 unspecified atom stereocenters. The molecule has 0 aliphatic carbocycles. The van der Waals surface area contributed by atoms with Gasteiger partial charge in [-0.05, 0) is 18.2 Å². The summed E-state index contributed by atoms with van der Waals surface area (Å²) in [5.41, 5.74) is 0.844. The number of furan rings is 1. The zero-order valence-electron chi connectivity index (χ0n) is 7.49. The van der Waals surface area contributed by atoms with Gasteiger partial charge in [-0.3, -0.25) is 0 Å². The molecule has 0 atom stereocenters. The van der Waals surface area contributed by atoms with Crippen LogP contribution in [-0.2, 0) is 6.54 Å². The number of nitrogens with one attached hydrogen (secondary N) is 1. The number of rotatable bonds is 5. The smallest absolute Gasteiger partial charge is 0.122 e. The molecule has 1 N–H and O–H groups in total. The summed E-state index contributed by atoms with van der Waals surface area (Å²) in [6, 6.07) is 3.77. The average molecular weight is 175 g/mol. The maximum Gasteiger partial charge on any atom is 0.122 e. The maximum atomic E-state index is 5.14. The highest BCUT2D eigenvalue weighted by atomic mass is 16.3. The number of allylic oxidation sites excluding steroid dienone is 3. The Hall–Kier alpha value is -1.70. The van der Waals surface area contributed by atoms with Gasteiger partial charge in [0.25, 0.3) is 0 Å². The molecule has 1 rings (SSSR count). The molecule has 0 bridgehead atoms. The molecule has 2 nitrogen and oxygen atoms in total. The van der Waals surface area contributed by atoms with E-state index in [1.54, 1.807) is 12.3 Å². The predicted molar refractivity (Wildman–Crippen MR) is 54.0 cm³/mol. The van der Waals surface area contributed by atoms with Gasteiger partial charge in [0.05, 0.1) is 12.8 Å². The summed E-state index contributed by atoms with van der Waals surface area (Å²) >= 11 is 0. The van der Waals surface area contributed by atoms with E-state index in [0.29, 0.717) is 6.54 Å². The third-order valence-electron chi connectivity index (χ3n) is 1.50. The first-order chi connectivity index (χ1) is 6.33. The van der Waals surface area contributed by atoms with E-state index in [2.05, 4.69) is 18.5 Å². The standard InChI is InChI=1S/C11H13NO/c1-3-4-6-10(2)12-9-11-7-5-8-13-11/h3-8,12H,1-2,9H2/b6-4-. The fourth-order valence-corrected chi connectivity index (χ4v) is 0.857. The Morgan fingerprint density at radius 1 is 1.62 bits per heavy atom. The van der Waals surface area contributed by atoms with E-state index in [4.69, 9.17) is 4.42 Å². The SMILES string of the molecule is C=C/C=C\C(=C)NCc1ccco1. The minimum atomic E-state index is 0.660. The van der Waals surface area contributed by atoms with Crippen molar-refractivity contribution in [1.29, 1.82) is 0 Å². The van der Waals surface area contributed by atoms with Crippen molar-refractivity contribution in [3.05, 3.63) is 61.2 Å². The van der Waals surface area contributed by atoms with Crippen molar-refractivity contribution in [3.63, 3.8) is 0 Å². The van der Waals surface area contributed by atoms with Gasteiger partial charge in [0.15, 0.2) is 0 Å². The van der Waals surface area contributed by atoms with E-state index in [1.807, 2.05) is 24.3 Å². The molecule has 0 saturated carbocycles. The Morgan fingerprint density at radius 2 is 2.46 bits per heavy atom. The summed E-state index contributed by atoms with van der Waals surface area (Å²) in [6.07, 6.45) is 7.05. The van der Waals surface area contributed by atoms with Crippen molar-refractivity contribution >= 4 is 0 Å². The number of hydrogen-bond donors (Lipinski definition) is 1. The van der Waals surface area contributed by atoms with E-state index in [-0.39, 0.29) is 0 Å². The first-order valence-corrected chi connectivity index (χ1v) is 4.07. The van der Waals surface area contributed by atoms with Crippen LogP contribution in [0.2, 0.25) is 0 Å². The van der Waals surface area contributed by atoms with Crippen LogP contribution in [0.1, 0.15) is 5.76 Å². The van der Waals surface area contributed by atoms with Gasteiger partial charge in [-0.25, -0.2) is 0 Å². The zero-order valence-corrected chi connectivity index (χ0v) is 7.49. The van der Waals surface area contributed by atoms with Gasteiger partial charge in [0.2, 0.25) is 0 Å². The highest BCUT2D eigenvalue weighted by molar-refractivity contribution is 5.16. The fourth-order valence-electron chi connectivity index (χ4n) is 0.857. The third-order valence-corrected chi connectivity index (χ3v) is 1.50. The normalized spacial score (nSPS) is 10.2. The Kier molecular flexibility index (Phi) is 3.64. The topological polar surface area (TPSA) is 25.2 Å². The lowest BCUT2D eigenvalue weighted by atomic mass is 10.4.